The van der Waals surface area contributed by atoms with Gasteiger partial charge < -0.3 is 14.7 Å². The summed E-state index contributed by atoms with van der Waals surface area (Å²) in [7, 11) is -1.04. The molecule has 0 atom stereocenters. The van der Waals surface area contributed by atoms with Gasteiger partial charge in [0.05, 0.1) is 10.4 Å². The largest absolute Gasteiger partial charge is 0.508 e. The lowest BCUT2D eigenvalue weighted by Gasteiger charge is -2.14. The number of benzene rings is 2. The lowest BCUT2D eigenvalue weighted by molar-refractivity contribution is -0.190. The minimum Gasteiger partial charge on any atom is -0.508 e. The molecule has 0 unspecified atom stereocenters. The second kappa shape index (κ2) is 7.65. The number of halogens is 3. The molecule has 30 heavy (non-hydrogen) atoms. The Kier molecular flexibility index (Phi) is 5.52. The van der Waals surface area contributed by atoms with E-state index in [0.29, 0.717) is 3.97 Å². The van der Waals surface area contributed by atoms with Gasteiger partial charge >= 0.3 is 12.1 Å². The van der Waals surface area contributed by atoms with Crippen LogP contribution in [0.4, 0.5) is 13.2 Å². The zero-order valence-corrected chi connectivity index (χ0v) is 16.7. The molecule has 11 heteroatoms. The number of hydrogen-bond donors (Lipinski definition) is 1. The van der Waals surface area contributed by atoms with Crippen LogP contribution < -0.4 is 4.74 Å². The molecule has 2 aromatic carbocycles. The van der Waals surface area contributed by atoms with E-state index in [1.807, 2.05) is 0 Å². The van der Waals surface area contributed by atoms with E-state index in [1.54, 1.807) is 25.1 Å². The fourth-order valence-electron chi connectivity index (χ4n) is 2.93. The Morgan fingerprint density at radius 2 is 1.77 bits per heavy atom. The maximum absolute atomic E-state index is 13.2. The van der Waals surface area contributed by atoms with Crippen molar-refractivity contribution in [3.8, 4) is 11.6 Å². The van der Waals surface area contributed by atoms with Gasteiger partial charge in [-0.1, -0.05) is 18.2 Å². The van der Waals surface area contributed by atoms with Crippen LogP contribution in [-0.2, 0) is 21.4 Å². The zero-order valence-electron chi connectivity index (χ0n) is 15.8. The first-order chi connectivity index (χ1) is 13.9. The van der Waals surface area contributed by atoms with Crippen LogP contribution in [-0.4, -0.2) is 48.6 Å². The molecule has 0 aliphatic heterocycles. The monoisotopic (exact) mass is 442 g/mol. The van der Waals surface area contributed by atoms with Crippen LogP contribution in [0, 0.1) is 0 Å². The Hall–Kier alpha value is -3.05. The standard InChI is InChI=1S/C19H17F3N2O5S/c1-23(2)11-14-13-10-17(29-18(26)19(20,21)22)24(15(13)8-9-16(14)25)30(27,28)12-6-4-3-5-7-12/h3-10,25H,11H2,1-2H3. The molecule has 1 N–H and O–H groups in total. The molecule has 0 spiro atoms. The summed E-state index contributed by atoms with van der Waals surface area (Å²) in [6.07, 6.45) is -5.33. The van der Waals surface area contributed by atoms with Gasteiger partial charge in [0.15, 0.2) is 0 Å². The number of aromatic hydroxyl groups is 1. The predicted molar refractivity (Wildman–Crippen MR) is 102 cm³/mol. The SMILES string of the molecule is CN(C)Cc1c(O)ccc2c1cc(OC(=O)C(F)(F)F)n2S(=O)(=O)c1ccccc1. The van der Waals surface area contributed by atoms with Crippen molar-refractivity contribution in [1.29, 1.82) is 0 Å². The third-order valence-corrected chi connectivity index (χ3v) is 5.91. The van der Waals surface area contributed by atoms with E-state index in [-0.39, 0.29) is 33.7 Å². The number of carbonyl (C=O) groups excluding carboxylic acids is 1. The molecule has 1 aromatic heterocycles. The fraction of sp³-hybridized carbons (Fsp3) is 0.211. The van der Waals surface area contributed by atoms with Gasteiger partial charge in [-0.05, 0) is 38.4 Å². The highest BCUT2D eigenvalue weighted by molar-refractivity contribution is 7.90. The van der Waals surface area contributed by atoms with Crippen molar-refractivity contribution in [3.05, 3.63) is 54.1 Å². The van der Waals surface area contributed by atoms with Gasteiger partial charge in [0, 0.05) is 23.6 Å². The molecule has 0 bridgehead atoms. The molecule has 7 nitrogen and oxygen atoms in total. The van der Waals surface area contributed by atoms with Crippen molar-refractivity contribution in [2.24, 2.45) is 0 Å². The van der Waals surface area contributed by atoms with E-state index in [9.17, 15) is 31.5 Å². The number of fused-ring (bicyclic) bond motifs is 1. The molecule has 0 radical (unpaired) electrons. The van der Waals surface area contributed by atoms with E-state index >= 15 is 0 Å². The van der Waals surface area contributed by atoms with Crippen LogP contribution in [0.25, 0.3) is 10.9 Å². The number of alkyl halides is 3. The van der Waals surface area contributed by atoms with Crippen molar-refractivity contribution in [1.82, 2.24) is 8.87 Å². The number of aromatic nitrogens is 1. The Bertz CT molecular complexity index is 1200. The van der Waals surface area contributed by atoms with Crippen LogP contribution in [0.1, 0.15) is 5.56 Å². The second-order valence-electron chi connectivity index (χ2n) is 6.69. The Labute approximate surface area is 170 Å². The van der Waals surface area contributed by atoms with Crippen molar-refractivity contribution >= 4 is 26.9 Å². The predicted octanol–water partition coefficient (Wildman–Crippen LogP) is 3.11. The van der Waals surface area contributed by atoms with Crippen molar-refractivity contribution < 1.29 is 36.2 Å². The first-order valence-electron chi connectivity index (χ1n) is 8.53. The molecule has 0 aliphatic carbocycles. The van der Waals surface area contributed by atoms with Crippen LogP contribution in [0.5, 0.6) is 11.6 Å². The lowest BCUT2D eigenvalue weighted by Crippen LogP contribution is -2.29. The third kappa shape index (κ3) is 3.98. The summed E-state index contributed by atoms with van der Waals surface area (Å²) in [5.41, 5.74) is 0.224. The molecular weight excluding hydrogens is 425 g/mol. The number of hydrogen-bond acceptors (Lipinski definition) is 6. The van der Waals surface area contributed by atoms with Gasteiger partial charge in [-0.15, -0.1) is 0 Å². The van der Waals surface area contributed by atoms with E-state index < -0.39 is 28.0 Å². The van der Waals surface area contributed by atoms with Crippen molar-refractivity contribution in [2.75, 3.05) is 14.1 Å². The molecule has 0 saturated carbocycles. The van der Waals surface area contributed by atoms with Gasteiger partial charge in [-0.2, -0.15) is 13.2 Å². The summed E-state index contributed by atoms with van der Waals surface area (Å²) in [5.74, 6) is -3.57. The normalized spacial score (nSPS) is 12.5. The van der Waals surface area contributed by atoms with E-state index in [2.05, 4.69) is 4.74 Å². The number of phenolic OH excluding ortho intramolecular Hbond substituents is 1. The summed E-state index contributed by atoms with van der Waals surface area (Å²) in [4.78, 5) is 12.9. The summed E-state index contributed by atoms with van der Waals surface area (Å²) < 4.78 is 69.7. The van der Waals surface area contributed by atoms with E-state index in [1.165, 1.54) is 36.4 Å². The highest BCUT2D eigenvalue weighted by atomic mass is 32.2. The van der Waals surface area contributed by atoms with Crippen molar-refractivity contribution in [2.45, 2.75) is 17.6 Å². The van der Waals surface area contributed by atoms with Gasteiger partial charge in [0.2, 0.25) is 5.88 Å². The Balaban J connectivity index is 2.33. The van der Waals surface area contributed by atoms with Gasteiger partial charge in [-0.25, -0.2) is 17.2 Å². The van der Waals surface area contributed by atoms with E-state index in [4.69, 9.17) is 0 Å². The third-order valence-electron chi connectivity index (χ3n) is 4.18. The molecule has 3 rings (SSSR count). The minimum atomic E-state index is -5.33. The Morgan fingerprint density at radius 3 is 2.33 bits per heavy atom. The summed E-state index contributed by atoms with van der Waals surface area (Å²) in [6.45, 7) is 0.158. The molecule has 0 saturated heterocycles. The van der Waals surface area contributed by atoms with Gasteiger partial charge in [-0.3, -0.25) is 0 Å². The van der Waals surface area contributed by atoms with Crippen LogP contribution in [0.3, 0.4) is 0 Å². The molecule has 0 aliphatic rings. The fourth-order valence-corrected chi connectivity index (χ4v) is 4.39. The smallest absolute Gasteiger partial charge is 0.491 e. The summed E-state index contributed by atoms with van der Waals surface area (Å²) in [5, 5.41) is 10.3. The summed E-state index contributed by atoms with van der Waals surface area (Å²) >= 11 is 0. The van der Waals surface area contributed by atoms with Gasteiger partial charge in [0.1, 0.15) is 5.75 Å². The molecule has 0 amide bonds. The maximum atomic E-state index is 13.2. The first-order valence-corrected chi connectivity index (χ1v) is 9.97. The number of nitrogens with zero attached hydrogens (tertiary/aromatic N) is 2. The molecule has 3 aromatic rings. The van der Waals surface area contributed by atoms with Crippen LogP contribution in [0.2, 0.25) is 0 Å². The topological polar surface area (TPSA) is 88.8 Å². The van der Waals surface area contributed by atoms with Crippen LogP contribution in [0.15, 0.2) is 53.4 Å². The maximum Gasteiger partial charge on any atom is 0.491 e. The molecule has 160 valence electrons. The van der Waals surface area contributed by atoms with Gasteiger partial charge in [0.25, 0.3) is 10.0 Å². The molecular formula is C19H17F3N2O5S. The average molecular weight is 442 g/mol. The first kappa shape index (κ1) is 21.7. The van der Waals surface area contributed by atoms with Crippen molar-refractivity contribution in [3.63, 3.8) is 0 Å². The number of ether oxygens (including phenoxy) is 1. The zero-order chi connectivity index (χ0) is 22.3. The highest BCUT2D eigenvalue weighted by Gasteiger charge is 2.42. The minimum absolute atomic E-state index is 0.0431. The van der Waals surface area contributed by atoms with E-state index in [0.717, 1.165) is 6.07 Å². The average Bonchev–Trinajstić information content (AvgIpc) is 3.03. The summed E-state index contributed by atoms with van der Waals surface area (Å²) in [6, 6.07) is 10.5. The quantitative estimate of drug-likeness (QED) is 0.611. The molecule has 0 fully saturated rings. The highest BCUT2D eigenvalue weighted by Crippen LogP contribution is 2.37. The Morgan fingerprint density at radius 1 is 1.13 bits per heavy atom. The number of rotatable bonds is 5. The van der Waals surface area contributed by atoms with Crippen LogP contribution >= 0.6 is 0 Å². The second-order valence-corrected chi connectivity index (χ2v) is 8.47. The number of phenols is 1. The molecule has 1 heterocycles. The number of esters is 1. The lowest BCUT2D eigenvalue weighted by atomic mass is 10.1. The number of carbonyl (C=O) groups is 1.